The molecule has 1 aromatic rings. The number of aromatic hydroxyl groups is 1. The first-order chi connectivity index (χ1) is 10.5. The van der Waals surface area contributed by atoms with E-state index in [-0.39, 0.29) is 0 Å². The van der Waals surface area contributed by atoms with Gasteiger partial charge in [0.1, 0.15) is 5.75 Å². The summed E-state index contributed by atoms with van der Waals surface area (Å²) in [6.45, 7) is 8.12. The zero-order valence-electron chi connectivity index (χ0n) is 13.6. The third-order valence-electron chi connectivity index (χ3n) is 4.96. The van der Waals surface area contributed by atoms with E-state index in [1.54, 1.807) is 6.07 Å². The topological polar surface area (TPSA) is 43.8 Å². The summed E-state index contributed by atoms with van der Waals surface area (Å²) in [7, 11) is 0. The van der Waals surface area contributed by atoms with E-state index >= 15 is 0 Å². The van der Waals surface area contributed by atoms with Gasteiger partial charge in [0.05, 0.1) is 0 Å². The first-order valence-corrected chi connectivity index (χ1v) is 8.35. The second-order valence-electron chi connectivity index (χ2n) is 6.98. The molecule has 0 aromatic heterocycles. The van der Waals surface area contributed by atoms with Gasteiger partial charge < -0.3 is 10.0 Å². The molecular formula is C18H26N2O2. The summed E-state index contributed by atoms with van der Waals surface area (Å²) >= 11 is 0. The number of phenolic OH excluding ortho intramolecular Hbond substituents is 1. The summed E-state index contributed by atoms with van der Waals surface area (Å²) in [5, 5.41) is 9.66. The van der Waals surface area contributed by atoms with E-state index < -0.39 is 0 Å². The van der Waals surface area contributed by atoms with E-state index in [0.717, 1.165) is 39.0 Å². The molecule has 1 unspecified atom stereocenters. The maximum absolute atomic E-state index is 12.0. The molecule has 1 amide bonds. The van der Waals surface area contributed by atoms with Crippen molar-refractivity contribution in [3.8, 4) is 5.75 Å². The number of fused-ring (bicyclic) bond motifs is 1. The standard InChI is InChI=1S/C18H26N2O2/c1-13(2)20-11-14(3-6-18(20)22)10-19-8-7-15-4-5-17(21)9-16(15)12-19/h4-5,9,13-14,21H,3,6-8,10-12H2,1-2H3. The summed E-state index contributed by atoms with van der Waals surface area (Å²) in [6, 6.07) is 6.02. The van der Waals surface area contributed by atoms with Gasteiger partial charge in [-0.25, -0.2) is 0 Å². The number of phenols is 1. The lowest BCUT2D eigenvalue weighted by molar-refractivity contribution is -0.137. The van der Waals surface area contributed by atoms with Gasteiger partial charge in [0.25, 0.3) is 0 Å². The van der Waals surface area contributed by atoms with Gasteiger partial charge in [-0.3, -0.25) is 9.69 Å². The lowest BCUT2D eigenvalue weighted by Crippen LogP contribution is -2.47. The molecule has 22 heavy (non-hydrogen) atoms. The van der Waals surface area contributed by atoms with Crippen molar-refractivity contribution in [1.29, 1.82) is 0 Å². The summed E-state index contributed by atoms with van der Waals surface area (Å²) in [4.78, 5) is 16.5. The highest BCUT2D eigenvalue weighted by atomic mass is 16.3. The number of nitrogens with zero attached hydrogens (tertiary/aromatic N) is 2. The summed E-state index contributed by atoms with van der Waals surface area (Å²) in [6.07, 6.45) is 2.74. The van der Waals surface area contributed by atoms with Crippen molar-refractivity contribution in [2.75, 3.05) is 19.6 Å². The van der Waals surface area contributed by atoms with Crippen molar-refractivity contribution in [3.63, 3.8) is 0 Å². The molecule has 0 radical (unpaired) electrons. The SMILES string of the molecule is CC(C)N1CC(CN2CCc3ccc(O)cc3C2)CCC1=O. The van der Waals surface area contributed by atoms with Crippen molar-refractivity contribution in [2.24, 2.45) is 5.92 Å². The van der Waals surface area contributed by atoms with Crippen LogP contribution in [0, 0.1) is 5.92 Å². The van der Waals surface area contributed by atoms with Crippen molar-refractivity contribution >= 4 is 5.91 Å². The number of hydrogen-bond acceptors (Lipinski definition) is 3. The van der Waals surface area contributed by atoms with Crippen LogP contribution in [0.2, 0.25) is 0 Å². The first kappa shape index (κ1) is 15.3. The molecule has 4 heteroatoms. The largest absolute Gasteiger partial charge is 0.508 e. The predicted octanol–water partition coefficient (Wildman–Crippen LogP) is 2.40. The second-order valence-corrected chi connectivity index (χ2v) is 6.98. The van der Waals surface area contributed by atoms with Crippen LogP contribution >= 0.6 is 0 Å². The molecule has 0 spiro atoms. The van der Waals surface area contributed by atoms with Gasteiger partial charge in [0, 0.05) is 38.6 Å². The van der Waals surface area contributed by atoms with E-state index in [9.17, 15) is 9.90 Å². The van der Waals surface area contributed by atoms with Crippen molar-refractivity contribution in [2.45, 2.75) is 45.7 Å². The van der Waals surface area contributed by atoms with Crippen LogP contribution in [0.4, 0.5) is 0 Å². The molecule has 0 aliphatic carbocycles. The molecule has 0 saturated carbocycles. The normalized spacial score (nSPS) is 23.0. The van der Waals surface area contributed by atoms with Crippen LogP contribution in [0.15, 0.2) is 18.2 Å². The van der Waals surface area contributed by atoms with Gasteiger partial charge in [-0.1, -0.05) is 6.07 Å². The molecular weight excluding hydrogens is 276 g/mol. The Morgan fingerprint density at radius 2 is 2.09 bits per heavy atom. The molecule has 2 heterocycles. The summed E-state index contributed by atoms with van der Waals surface area (Å²) < 4.78 is 0. The smallest absolute Gasteiger partial charge is 0.222 e. The van der Waals surface area contributed by atoms with Gasteiger partial charge in [-0.2, -0.15) is 0 Å². The van der Waals surface area contributed by atoms with Gasteiger partial charge in [-0.15, -0.1) is 0 Å². The molecule has 1 saturated heterocycles. The van der Waals surface area contributed by atoms with Gasteiger partial charge >= 0.3 is 0 Å². The average Bonchev–Trinajstić information content (AvgIpc) is 2.48. The Bertz CT molecular complexity index is 556. The molecule has 4 nitrogen and oxygen atoms in total. The van der Waals surface area contributed by atoms with Crippen LogP contribution in [0.25, 0.3) is 0 Å². The van der Waals surface area contributed by atoms with Crippen LogP contribution in [0.1, 0.15) is 37.8 Å². The lowest BCUT2D eigenvalue weighted by Gasteiger charge is -2.38. The summed E-state index contributed by atoms with van der Waals surface area (Å²) in [5.74, 6) is 1.23. The number of hydrogen-bond donors (Lipinski definition) is 1. The van der Waals surface area contributed by atoms with E-state index in [4.69, 9.17) is 0 Å². The maximum Gasteiger partial charge on any atom is 0.222 e. The zero-order chi connectivity index (χ0) is 15.7. The Hall–Kier alpha value is -1.55. The quantitative estimate of drug-likeness (QED) is 0.932. The number of amides is 1. The number of carbonyl (C=O) groups excluding carboxylic acids is 1. The number of carbonyl (C=O) groups is 1. The number of likely N-dealkylation sites (tertiary alicyclic amines) is 1. The van der Waals surface area contributed by atoms with E-state index in [1.165, 1.54) is 11.1 Å². The minimum atomic E-state index is 0.300. The first-order valence-electron chi connectivity index (χ1n) is 8.35. The third-order valence-corrected chi connectivity index (χ3v) is 4.96. The third kappa shape index (κ3) is 3.27. The zero-order valence-corrected chi connectivity index (χ0v) is 13.6. The highest BCUT2D eigenvalue weighted by molar-refractivity contribution is 5.77. The van der Waals surface area contributed by atoms with Crippen LogP contribution < -0.4 is 0 Å². The molecule has 1 atom stereocenters. The lowest BCUT2D eigenvalue weighted by atomic mass is 9.93. The van der Waals surface area contributed by atoms with Crippen molar-refractivity contribution < 1.29 is 9.90 Å². The number of benzene rings is 1. The Balaban J connectivity index is 1.61. The number of piperidine rings is 1. The van der Waals surface area contributed by atoms with Crippen LogP contribution in [-0.4, -0.2) is 46.5 Å². The monoisotopic (exact) mass is 302 g/mol. The molecule has 1 N–H and O–H groups in total. The highest BCUT2D eigenvalue weighted by Gasteiger charge is 2.29. The number of rotatable bonds is 3. The molecule has 0 bridgehead atoms. The maximum atomic E-state index is 12.0. The Labute approximate surface area is 132 Å². The fraction of sp³-hybridized carbons (Fsp3) is 0.611. The fourth-order valence-electron chi connectivity index (χ4n) is 3.71. The van der Waals surface area contributed by atoms with E-state index in [1.807, 2.05) is 17.0 Å². The molecule has 120 valence electrons. The minimum Gasteiger partial charge on any atom is -0.508 e. The molecule has 1 fully saturated rings. The van der Waals surface area contributed by atoms with Crippen LogP contribution in [0.5, 0.6) is 5.75 Å². The summed E-state index contributed by atoms with van der Waals surface area (Å²) in [5.41, 5.74) is 2.61. The Morgan fingerprint density at radius 1 is 1.27 bits per heavy atom. The minimum absolute atomic E-state index is 0.300. The second kappa shape index (κ2) is 6.29. The molecule has 1 aromatic carbocycles. The Morgan fingerprint density at radius 3 is 2.86 bits per heavy atom. The van der Waals surface area contributed by atoms with E-state index in [2.05, 4.69) is 18.7 Å². The fourth-order valence-corrected chi connectivity index (χ4v) is 3.71. The molecule has 2 aliphatic heterocycles. The van der Waals surface area contributed by atoms with E-state index in [0.29, 0.717) is 30.0 Å². The van der Waals surface area contributed by atoms with Crippen molar-refractivity contribution in [3.05, 3.63) is 29.3 Å². The highest BCUT2D eigenvalue weighted by Crippen LogP contribution is 2.26. The molecule has 2 aliphatic rings. The average molecular weight is 302 g/mol. The Kier molecular flexibility index (Phi) is 4.39. The van der Waals surface area contributed by atoms with Gasteiger partial charge in [0.15, 0.2) is 0 Å². The van der Waals surface area contributed by atoms with Crippen molar-refractivity contribution in [1.82, 2.24) is 9.80 Å². The predicted molar refractivity (Wildman–Crippen MR) is 86.7 cm³/mol. The molecule has 3 rings (SSSR count). The van der Waals surface area contributed by atoms with Crippen LogP contribution in [0.3, 0.4) is 0 Å². The van der Waals surface area contributed by atoms with Gasteiger partial charge in [0.2, 0.25) is 5.91 Å². The van der Waals surface area contributed by atoms with Crippen LogP contribution in [-0.2, 0) is 17.8 Å². The van der Waals surface area contributed by atoms with Gasteiger partial charge in [-0.05, 0) is 55.9 Å².